The van der Waals surface area contributed by atoms with Crippen LogP contribution in [0.2, 0.25) is 0 Å². The topological polar surface area (TPSA) is 78.4 Å². The highest BCUT2D eigenvalue weighted by molar-refractivity contribution is 5.18. The molecule has 5 heteroatoms. The summed E-state index contributed by atoms with van der Waals surface area (Å²) in [4.78, 5) is 15.8. The van der Waals surface area contributed by atoms with Crippen molar-refractivity contribution in [2.45, 2.75) is 63.5 Å². The molecule has 0 aromatic heterocycles. The van der Waals surface area contributed by atoms with Crippen LogP contribution >= 0.6 is 0 Å². The van der Waals surface area contributed by atoms with E-state index in [-0.39, 0.29) is 16.4 Å². The van der Waals surface area contributed by atoms with Crippen molar-refractivity contribution in [2.24, 2.45) is 16.6 Å². The maximum absolute atomic E-state index is 10.7. The van der Waals surface area contributed by atoms with Crippen LogP contribution in [-0.2, 0) is 4.84 Å². The summed E-state index contributed by atoms with van der Waals surface area (Å²) in [5.74, 6) is 0. The van der Waals surface area contributed by atoms with E-state index < -0.39 is 10.7 Å². The van der Waals surface area contributed by atoms with Crippen molar-refractivity contribution >= 4 is 0 Å². The first-order chi connectivity index (χ1) is 7.66. The van der Waals surface area contributed by atoms with Crippen molar-refractivity contribution in [2.75, 3.05) is 0 Å². The van der Waals surface area contributed by atoms with Crippen LogP contribution in [-0.4, -0.2) is 16.2 Å². The molecule has 4 aliphatic carbocycles. The van der Waals surface area contributed by atoms with Gasteiger partial charge in [-0.1, -0.05) is 13.8 Å². The van der Waals surface area contributed by atoms with Crippen molar-refractivity contribution < 1.29 is 9.92 Å². The number of nitrogens with two attached hydrogens (primary N) is 1. The van der Waals surface area contributed by atoms with Crippen LogP contribution in [0.1, 0.15) is 52.4 Å². The lowest BCUT2D eigenvalue weighted by atomic mass is 9.41. The minimum Gasteiger partial charge on any atom is -0.325 e. The monoisotopic (exact) mass is 240 g/mol. The zero-order valence-corrected chi connectivity index (χ0v) is 10.5. The average molecular weight is 240 g/mol. The molecule has 0 saturated heterocycles. The number of hydrogen-bond donors (Lipinski definition) is 1. The molecule has 0 aliphatic heterocycles. The number of nitrogens with zero attached hydrogens (tertiary/aromatic N) is 1. The van der Waals surface area contributed by atoms with Gasteiger partial charge in [-0.25, -0.2) is 0 Å². The van der Waals surface area contributed by atoms with Crippen LogP contribution in [0, 0.1) is 20.9 Å². The summed E-state index contributed by atoms with van der Waals surface area (Å²) in [6.45, 7) is 4.42. The molecule has 0 aromatic rings. The Morgan fingerprint density at radius 1 is 1.06 bits per heavy atom. The Balaban J connectivity index is 2.01. The summed E-state index contributed by atoms with van der Waals surface area (Å²) in [6.07, 6.45) is 5.32. The summed E-state index contributed by atoms with van der Waals surface area (Å²) >= 11 is 0. The van der Waals surface area contributed by atoms with Gasteiger partial charge in [0.25, 0.3) is 5.09 Å². The van der Waals surface area contributed by atoms with E-state index in [9.17, 15) is 10.1 Å². The highest BCUT2D eigenvalue weighted by Crippen LogP contribution is 2.67. The van der Waals surface area contributed by atoms with Gasteiger partial charge in [-0.3, -0.25) is 0 Å². The first-order valence-corrected chi connectivity index (χ1v) is 6.28. The molecule has 4 atom stereocenters. The molecule has 2 unspecified atom stereocenters. The van der Waals surface area contributed by atoms with Gasteiger partial charge in [0.05, 0.1) is 0 Å². The predicted molar refractivity (Wildman–Crippen MR) is 61.6 cm³/mol. The van der Waals surface area contributed by atoms with E-state index in [4.69, 9.17) is 10.6 Å². The van der Waals surface area contributed by atoms with Gasteiger partial charge in [-0.2, -0.15) is 0 Å². The van der Waals surface area contributed by atoms with Crippen molar-refractivity contribution in [3.63, 3.8) is 0 Å². The third-order valence-electron chi connectivity index (χ3n) is 4.85. The largest absolute Gasteiger partial charge is 0.325 e. The third kappa shape index (κ3) is 1.63. The van der Waals surface area contributed by atoms with E-state index >= 15 is 0 Å². The number of rotatable bonds is 2. The van der Waals surface area contributed by atoms with E-state index in [1.807, 2.05) is 0 Å². The molecule has 4 bridgehead atoms. The Bertz CT molecular complexity index is 342. The van der Waals surface area contributed by atoms with Crippen molar-refractivity contribution in [1.82, 2.24) is 0 Å². The van der Waals surface area contributed by atoms with Crippen molar-refractivity contribution in [1.29, 1.82) is 0 Å². The third-order valence-corrected chi connectivity index (χ3v) is 4.85. The molecule has 2 N–H and O–H groups in total. The van der Waals surface area contributed by atoms with Crippen molar-refractivity contribution in [3.05, 3.63) is 10.1 Å². The molecule has 96 valence electrons. The van der Waals surface area contributed by atoms with Crippen LogP contribution in [0.5, 0.6) is 0 Å². The van der Waals surface area contributed by atoms with E-state index in [0.29, 0.717) is 6.42 Å². The molecule has 4 rings (SSSR count). The van der Waals surface area contributed by atoms with Gasteiger partial charge >= 0.3 is 0 Å². The summed E-state index contributed by atoms with van der Waals surface area (Å²) < 4.78 is 0. The fourth-order valence-electron chi connectivity index (χ4n) is 5.93. The maximum atomic E-state index is 10.7. The van der Waals surface area contributed by atoms with Gasteiger partial charge in [-0.05, 0) is 49.4 Å². The van der Waals surface area contributed by atoms with Gasteiger partial charge < -0.3 is 10.6 Å². The molecule has 0 aromatic carbocycles. The van der Waals surface area contributed by atoms with E-state index in [1.165, 1.54) is 0 Å². The second-order valence-electron chi connectivity index (χ2n) is 7.54. The second kappa shape index (κ2) is 2.76. The van der Waals surface area contributed by atoms with Crippen molar-refractivity contribution in [3.8, 4) is 0 Å². The van der Waals surface area contributed by atoms with Crippen LogP contribution in [0.15, 0.2) is 0 Å². The Hall–Kier alpha value is -0.840. The van der Waals surface area contributed by atoms with Crippen LogP contribution < -0.4 is 5.73 Å². The zero-order chi connectivity index (χ0) is 12.5. The van der Waals surface area contributed by atoms with Gasteiger partial charge in [0.1, 0.15) is 5.60 Å². The van der Waals surface area contributed by atoms with Crippen LogP contribution in [0.4, 0.5) is 0 Å². The lowest BCUT2D eigenvalue weighted by Gasteiger charge is -2.67. The highest BCUT2D eigenvalue weighted by Gasteiger charge is 2.66. The maximum Gasteiger partial charge on any atom is 0.295 e. The first kappa shape index (κ1) is 11.3. The smallest absolute Gasteiger partial charge is 0.295 e. The highest BCUT2D eigenvalue weighted by atomic mass is 17.0. The second-order valence-corrected chi connectivity index (χ2v) is 7.54. The first-order valence-electron chi connectivity index (χ1n) is 6.28. The molecular formula is C12H20N2O3. The summed E-state index contributed by atoms with van der Waals surface area (Å²) in [5, 5.41) is 10.1. The van der Waals surface area contributed by atoms with E-state index in [0.717, 1.165) is 32.1 Å². The summed E-state index contributed by atoms with van der Waals surface area (Å²) in [6, 6.07) is 0. The molecule has 0 radical (unpaired) electrons. The normalized spacial score (nSPS) is 55.9. The quantitative estimate of drug-likeness (QED) is 0.591. The molecule has 0 heterocycles. The summed E-state index contributed by atoms with van der Waals surface area (Å²) in [5.41, 5.74) is 5.82. The SMILES string of the molecule is C[C@]12CC3(N)CC(O[N+](=O)[O-])(C1)C[C@@](C)(C3)C2. The lowest BCUT2D eigenvalue weighted by Crippen LogP contribution is -2.69. The van der Waals surface area contributed by atoms with Gasteiger partial charge in [0.15, 0.2) is 0 Å². The van der Waals surface area contributed by atoms with E-state index in [2.05, 4.69) is 13.8 Å². The minimum atomic E-state index is -0.622. The molecule has 0 amide bonds. The number of hydrogen-bond acceptors (Lipinski definition) is 4. The standard InChI is InChI=1S/C12H20N2O3/c1-9-3-10(2)5-11(13,4-9)8-12(6-9,7-10)17-14(15)16/h3-8,13H2,1-2H3/t9-,10+,11?,12?. The van der Waals surface area contributed by atoms with Gasteiger partial charge in [0.2, 0.25) is 0 Å². The van der Waals surface area contributed by atoms with Crippen LogP contribution in [0.3, 0.4) is 0 Å². The fourth-order valence-corrected chi connectivity index (χ4v) is 5.93. The Morgan fingerprint density at radius 3 is 2.00 bits per heavy atom. The van der Waals surface area contributed by atoms with Gasteiger partial charge in [-0.15, -0.1) is 10.1 Å². The fraction of sp³-hybridized carbons (Fsp3) is 1.00. The molecule has 4 aliphatic rings. The molecule has 17 heavy (non-hydrogen) atoms. The molecule has 4 fully saturated rings. The molecule has 0 spiro atoms. The average Bonchev–Trinajstić information content (AvgIpc) is 1.87. The molecular weight excluding hydrogens is 220 g/mol. The Kier molecular flexibility index (Phi) is 1.83. The zero-order valence-electron chi connectivity index (χ0n) is 10.5. The van der Waals surface area contributed by atoms with Gasteiger partial charge in [0, 0.05) is 5.54 Å². The van der Waals surface area contributed by atoms with E-state index in [1.54, 1.807) is 0 Å². The molecule has 5 nitrogen and oxygen atoms in total. The molecule has 4 saturated carbocycles. The minimum absolute atomic E-state index is 0.119. The Labute approximate surface area is 101 Å². The predicted octanol–water partition coefficient (Wildman–Crippen LogP) is 2.02. The lowest BCUT2D eigenvalue weighted by molar-refractivity contribution is -0.786. The Morgan fingerprint density at radius 2 is 1.59 bits per heavy atom. The van der Waals surface area contributed by atoms with Crippen LogP contribution in [0.25, 0.3) is 0 Å². The summed E-state index contributed by atoms with van der Waals surface area (Å²) in [7, 11) is 0.